The van der Waals surface area contributed by atoms with Gasteiger partial charge < -0.3 is 10.5 Å². The number of benzene rings is 1. The minimum Gasteiger partial charge on any atom is -0.494 e. The molecule has 1 aromatic carbocycles. The van der Waals surface area contributed by atoms with E-state index >= 15 is 0 Å². The van der Waals surface area contributed by atoms with E-state index in [-0.39, 0.29) is 5.75 Å². The molecule has 1 aromatic rings. The van der Waals surface area contributed by atoms with Crippen LogP contribution in [0.25, 0.3) is 0 Å². The van der Waals surface area contributed by atoms with Crippen LogP contribution < -0.4 is 10.5 Å². The van der Waals surface area contributed by atoms with Crippen molar-refractivity contribution in [3.05, 3.63) is 29.6 Å². The fourth-order valence-corrected chi connectivity index (χ4v) is 2.12. The quantitative estimate of drug-likeness (QED) is 0.886. The molecule has 6 heteroatoms. The molecular weight excluding hydrogens is 245 g/mol. The van der Waals surface area contributed by atoms with Crippen LogP contribution in [-0.2, 0) is 9.84 Å². The van der Waals surface area contributed by atoms with Crippen molar-refractivity contribution in [3.8, 4) is 5.75 Å². The van der Waals surface area contributed by atoms with E-state index < -0.39 is 26.9 Å². The zero-order valence-electron chi connectivity index (χ0n) is 9.98. The first-order valence-corrected chi connectivity index (χ1v) is 7.00. The third-order valence-electron chi connectivity index (χ3n) is 2.74. The summed E-state index contributed by atoms with van der Waals surface area (Å²) in [5.41, 5.74) is 6.23. The smallest absolute Gasteiger partial charge is 0.165 e. The Morgan fingerprint density at radius 1 is 1.41 bits per heavy atom. The first-order chi connectivity index (χ1) is 7.77. The summed E-state index contributed by atoms with van der Waals surface area (Å²) < 4.78 is 40.9. The standard InChI is InChI=1S/C11H16FNO3S/c1-7(17(3,14)15)11(13)8-4-5-10(16-2)9(12)6-8/h4-7,11H,13H2,1-3H3. The van der Waals surface area contributed by atoms with Crippen molar-refractivity contribution in [2.24, 2.45) is 5.73 Å². The molecule has 0 fully saturated rings. The van der Waals surface area contributed by atoms with E-state index in [2.05, 4.69) is 0 Å². The van der Waals surface area contributed by atoms with Gasteiger partial charge in [0, 0.05) is 12.3 Å². The average Bonchev–Trinajstić information content (AvgIpc) is 2.25. The molecule has 2 N–H and O–H groups in total. The summed E-state index contributed by atoms with van der Waals surface area (Å²) in [4.78, 5) is 0. The van der Waals surface area contributed by atoms with Gasteiger partial charge in [-0.3, -0.25) is 0 Å². The molecule has 0 bridgehead atoms. The fourth-order valence-electron chi connectivity index (χ4n) is 1.43. The minimum absolute atomic E-state index is 0.105. The lowest BCUT2D eigenvalue weighted by Crippen LogP contribution is -2.30. The van der Waals surface area contributed by atoms with Gasteiger partial charge in [0.15, 0.2) is 21.4 Å². The van der Waals surface area contributed by atoms with Gasteiger partial charge >= 0.3 is 0 Å². The predicted molar refractivity (Wildman–Crippen MR) is 64.2 cm³/mol. The van der Waals surface area contributed by atoms with Crippen molar-refractivity contribution in [2.75, 3.05) is 13.4 Å². The first kappa shape index (κ1) is 13.9. The number of methoxy groups -OCH3 is 1. The molecule has 1 rings (SSSR count). The highest BCUT2D eigenvalue weighted by molar-refractivity contribution is 7.91. The van der Waals surface area contributed by atoms with Crippen LogP contribution in [0.1, 0.15) is 18.5 Å². The second kappa shape index (κ2) is 5.01. The zero-order chi connectivity index (χ0) is 13.2. The Morgan fingerprint density at radius 2 is 2.00 bits per heavy atom. The Morgan fingerprint density at radius 3 is 2.41 bits per heavy atom. The Balaban J connectivity index is 3.05. The van der Waals surface area contributed by atoms with Crippen LogP contribution in [0.2, 0.25) is 0 Å². The largest absolute Gasteiger partial charge is 0.494 e. The van der Waals surface area contributed by atoms with Crippen molar-refractivity contribution in [2.45, 2.75) is 18.2 Å². The highest BCUT2D eigenvalue weighted by Gasteiger charge is 2.24. The zero-order valence-corrected chi connectivity index (χ0v) is 10.8. The lowest BCUT2D eigenvalue weighted by Gasteiger charge is -2.19. The monoisotopic (exact) mass is 261 g/mol. The van der Waals surface area contributed by atoms with Gasteiger partial charge in [-0.1, -0.05) is 6.07 Å². The second-order valence-corrected chi connectivity index (χ2v) is 6.36. The number of hydrogen-bond donors (Lipinski definition) is 1. The third kappa shape index (κ3) is 3.17. The molecule has 17 heavy (non-hydrogen) atoms. The summed E-state index contributed by atoms with van der Waals surface area (Å²) in [5, 5.41) is -0.768. The molecule has 2 atom stereocenters. The van der Waals surface area contributed by atoms with E-state index in [1.165, 1.54) is 26.2 Å². The number of nitrogens with two attached hydrogens (primary N) is 1. The predicted octanol–water partition coefficient (Wildman–Crippen LogP) is 1.27. The lowest BCUT2D eigenvalue weighted by molar-refractivity contribution is 0.386. The summed E-state index contributed by atoms with van der Waals surface area (Å²) in [6, 6.07) is 3.43. The van der Waals surface area contributed by atoms with Crippen LogP contribution in [0.15, 0.2) is 18.2 Å². The molecule has 0 amide bonds. The maximum absolute atomic E-state index is 13.4. The Labute approximate surface area is 101 Å². The van der Waals surface area contributed by atoms with Crippen molar-refractivity contribution >= 4 is 9.84 Å². The van der Waals surface area contributed by atoms with E-state index in [4.69, 9.17) is 10.5 Å². The molecule has 0 aliphatic rings. The maximum atomic E-state index is 13.4. The van der Waals surface area contributed by atoms with E-state index in [1.54, 1.807) is 6.07 Å². The van der Waals surface area contributed by atoms with Crippen molar-refractivity contribution in [3.63, 3.8) is 0 Å². The van der Waals surface area contributed by atoms with Gasteiger partial charge in [0.05, 0.1) is 12.4 Å². The topological polar surface area (TPSA) is 69.4 Å². The van der Waals surface area contributed by atoms with E-state index in [9.17, 15) is 12.8 Å². The van der Waals surface area contributed by atoms with Gasteiger partial charge in [-0.2, -0.15) is 0 Å². The van der Waals surface area contributed by atoms with E-state index in [1.807, 2.05) is 0 Å². The highest BCUT2D eigenvalue weighted by atomic mass is 32.2. The molecule has 0 saturated carbocycles. The third-order valence-corrected chi connectivity index (χ3v) is 4.39. The summed E-state index contributed by atoms with van der Waals surface area (Å²) >= 11 is 0. The number of ether oxygens (including phenoxy) is 1. The van der Waals surface area contributed by atoms with Crippen LogP contribution in [0, 0.1) is 5.82 Å². The molecule has 0 spiro atoms. The summed E-state index contributed by atoms with van der Waals surface area (Å²) in [5.74, 6) is -0.450. The maximum Gasteiger partial charge on any atom is 0.165 e. The molecular formula is C11H16FNO3S. The normalized spacial score (nSPS) is 15.4. The SMILES string of the molecule is COc1ccc(C(N)C(C)S(C)(=O)=O)cc1F. The molecule has 0 aromatic heterocycles. The van der Waals surface area contributed by atoms with Gasteiger partial charge in [-0.25, -0.2) is 12.8 Å². The number of halogens is 1. The summed E-state index contributed by atoms with van der Waals surface area (Å²) in [6.45, 7) is 1.50. The van der Waals surface area contributed by atoms with E-state index in [0.29, 0.717) is 5.56 Å². The van der Waals surface area contributed by atoms with Crippen molar-refractivity contribution in [1.82, 2.24) is 0 Å². The number of hydrogen-bond acceptors (Lipinski definition) is 4. The molecule has 0 aliphatic heterocycles. The van der Waals surface area contributed by atoms with Gasteiger partial charge in [-0.15, -0.1) is 0 Å². The van der Waals surface area contributed by atoms with Crippen LogP contribution in [0.4, 0.5) is 4.39 Å². The highest BCUT2D eigenvalue weighted by Crippen LogP contribution is 2.24. The Bertz CT molecular complexity index is 501. The molecule has 0 saturated heterocycles. The van der Waals surface area contributed by atoms with Gasteiger partial charge in [0.2, 0.25) is 0 Å². The first-order valence-electron chi connectivity index (χ1n) is 5.05. The number of rotatable bonds is 4. The Kier molecular flexibility index (Phi) is 4.11. The molecule has 0 aliphatic carbocycles. The van der Waals surface area contributed by atoms with Gasteiger partial charge in [0.1, 0.15) is 0 Å². The van der Waals surface area contributed by atoms with Crippen molar-refractivity contribution < 1.29 is 17.5 Å². The van der Waals surface area contributed by atoms with Gasteiger partial charge in [-0.05, 0) is 24.6 Å². The summed E-state index contributed by atoms with van der Waals surface area (Å²) in [6.07, 6.45) is 1.11. The van der Waals surface area contributed by atoms with E-state index in [0.717, 1.165) is 6.26 Å². The Hall–Kier alpha value is -1.14. The molecule has 96 valence electrons. The number of sulfone groups is 1. The van der Waals surface area contributed by atoms with Crippen LogP contribution >= 0.6 is 0 Å². The second-order valence-electron chi connectivity index (χ2n) is 3.95. The minimum atomic E-state index is -3.26. The molecule has 4 nitrogen and oxygen atoms in total. The molecule has 0 radical (unpaired) electrons. The fraction of sp³-hybridized carbons (Fsp3) is 0.455. The van der Waals surface area contributed by atoms with Crippen LogP contribution in [0.5, 0.6) is 5.75 Å². The van der Waals surface area contributed by atoms with Crippen LogP contribution in [-0.4, -0.2) is 27.0 Å². The average molecular weight is 261 g/mol. The van der Waals surface area contributed by atoms with Crippen molar-refractivity contribution in [1.29, 1.82) is 0 Å². The van der Waals surface area contributed by atoms with Crippen LogP contribution in [0.3, 0.4) is 0 Å². The molecule has 0 heterocycles. The van der Waals surface area contributed by atoms with Gasteiger partial charge in [0.25, 0.3) is 0 Å². The molecule has 2 unspecified atom stereocenters. The lowest BCUT2D eigenvalue weighted by atomic mass is 10.0. The summed E-state index contributed by atoms with van der Waals surface area (Å²) in [7, 11) is -1.90.